The Kier molecular flexibility index (Phi) is 3.73. The Morgan fingerprint density at radius 2 is 2.16 bits per heavy atom. The van der Waals surface area contributed by atoms with Crippen LogP contribution in [0.3, 0.4) is 0 Å². The van der Waals surface area contributed by atoms with E-state index in [1.165, 1.54) is 18.5 Å². The fraction of sp³-hybridized carbons (Fsp3) is 0.368. The van der Waals surface area contributed by atoms with Gasteiger partial charge in [0.2, 0.25) is 0 Å². The largest absolute Gasteiger partial charge is 0.311 e. The van der Waals surface area contributed by atoms with Crippen molar-refractivity contribution in [2.45, 2.75) is 31.5 Å². The molecule has 0 aromatic carbocycles. The first-order valence-corrected chi connectivity index (χ1v) is 9.21. The molecule has 3 aromatic heterocycles. The maximum Gasteiger partial charge on any atom is 0.137 e. The second kappa shape index (κ2) is 6.09. The summed E-state index contributed by atoms with van der Waals surface area (Å²) >= 11 is 6.01. The highest BCUT2D eigenvalue weighted by atomic mass is 35.5. The van der Waals surface area contributed by atoms with E-state index in [4.69, 9.17) is 16.6 Å². The molecular weight excluding hydrogens is 334 g/mol. The molecular formula is C19H20ClN5. The van der Waals surface area contributed by atoms with Crippen LogP contribution in [0.5, 0.6) is 0 Å². The Morgan fingerprint density at radius 3 is 2.88 bits per heavy atom. The number of aromatic nitrogens is 3. The lowest BCUT2D eigenvalue weighted by Gasteiger charge is -2.45. The molecule has 2 bridgehead atoms. The molecule has 6 heterocycles. The molecule has 0 radical (unpaired) electrons. The van der Waals surface area contributed by atoms with Crippen LogP contribution in [-0.2, 0) is 6.54 Å². The van der Waals surface area contributed by atoms with Crippen molar-refractivity contribution >= 4 is 17.2 Å². The number of rotatable bonds is 3. The van der Waals surface area contributed by atoms with Crippen LogP contribution in [0, 0.1) is 0 Å². The molecule has 3 saturated heterocycles. The van der Waals surface area contributed by atoms with E-state index in [1.54, 1.807) is 6.20 Å². The van der Waals surface area contributed by atoms with Crippen molar-refractivity contribution in [2.24, 2.45) is 0 Å². The smallest absolute Gasteiger partial charge is 0.137 e. The Labute approximate surface area is 151 Å². The normalized spacial score (nSPS) is 23.4. The SMILES string of the molecule is Clc1ccc(-c2nc3ccccn3c2CN2CC3CCC2CN3)nc1. The fourth-order valence-electron chi connectivity index (χ4n) is 4.10. The molecule has 0 aliphatic carbocycles. The quantitative estimate of drug-likeness (QED) is 0.786. The average Bonchev–Trinajstić information content (AvgIpc) is 3.02. The van der Waals surface area contributed by atoms with E-state index >= 15 is 0 Å². The minimum Gasteiger partial charge on any atom is -0.311 e. The van der Waals surface area contributed by atoms with Gasteiger partial charge in [0.1, 0.15) is 11.3 Å². The molecule has 25 heavy (non-hydrogen) atoms. The van der Waals surface area contributed by atoms with Crippen molar-refractivity contribution in [3.8, 4) is 11.4 Å². The summed E-state index contributed by atoms with van der Waals surface area (Å²) in [5, 5.41) is 4.27. The van der Waals surface area contributed by atoms with E-state index in [0.29, 0.717) is 17.1 Å². The van der Waals surface area contributed by atoms with E-state index in [2.05, 4.69) is 31.9 Å². The highest BCUT2D eigenvalue weighted by Crippen LogP contribution is 2.29. The van der Waals surface area contributed by atoms with Crippen LogP contribution < -0.4 is 5.32 Å². The number of halogens is 1. The van der Waals surface area contributed by atoms with Gasteiger partial charge >= 0.3 is 0 Å². The number of hydrogen-bond acceptors (Lipinski definition) is 4. The third-order valence-electron chi connectivity index (χ3n) is 5.41. The van der Waals surface area contributed by atoms with Gasteiger partial charge in [-0.05, 0) is 37.1 Å². The minimum atomic E-state index is 0.616. The van der Waals surface area contributed by atoms with Crippen molar-refractivity contribution < 1.29 is 0 Å². The van der Waals surface area contributed by atoms with Crippen molar-refractivity contribution in [3.05, 3.63) is 53.4 Å². The van der Waals surface area contributed by atoms with Gasteiger partial charge in [0.15, 0.2) is 0 Å². The van der Waals surface area contributed by atoms with Crippen molar-refractivity contribution in [1.82, 2.24) is 24.6 Å². The summed E-state index contributed by atoms with van der Waals surface area (Å²) in [5.41, 5.74) is 4.00. The number of fused-ring (bicyclic) bond motifs is 4. The molecule has 0 saturated carbocycles. The summed E-state index contributed by atoms with van der Waals surface area (Å²) in [6.07, 6.45) is 6.36. The molecule has 1 N–H and O–H groups in total. The Balaban J connectivity index is 1.58. The predicted molar refractivity (Wildman–Crippen MR) is 98.7 cm³/mol. The lowest BCUT2D eigenvalue weighted by atomic mass is 9.93. The van der Waals surface area contributed by atoms with Gasteiger partial charge in [-0.3, -0.25) is 9.88 Å². The zero-order valence-corrected chi connectivity index (χ0v) is 14.7. The van der Waals surface area contributed by atoms with Gasteiger partial charge in [-0.15, -0.1) is 0 Å². The zero-order valence-electron chi connectivity index (χ0n) is 13.9. The third-order valence-corrected chi connectivity index (χ3v) is 5.64. The highest BCUT2D eigenvalue weighted by Gasteiger charge is 2.34. The summed E-state index contributed by atoms with van der Waals surface area (Å²) in [6, 6.07) is 11.2. The number of nitrogens with zero attached hydrogens (tertiary/aromatic N) is 4. The highest BCUT2D eigenvalue weighted by molar-refractivity contribution is 6.30. The molecule has 6 heteroatoms. The van der Waals surface area contributed by atoms with E-state index in [9.17, 15) is 0 Å². The van der Waals surface area contributed by atoms with Crippen LogP contribution in [0.25, 0.3) is 17.0 Å². The maximum absolute atomic E-state index is 6.01. The van der Waals surface area contributed by atoms with Crippen LogP contribution in [0.15, 0.2) is 42.7 Å². The van der Waals surface area contributed by atoms with Gasteiger partial charge in [0, 0.05) is 44.1 Å². The van der Waals surface area contributed by atoms with Crippen LogP contribution in [0.2, 0.25) is 5.02 Å². The fourth-order valence-corrected chi connectivity index (χ4v) is 4.22. The van der Waals surface area contributed by atoms with Gasteiger partial charge in [0.05, 0.1) is 16.4 Å². The van der Waals surface area contributed by atoms with Crippen LogP contribution in [0.1, 0.15) is 18.5 Å². The first-order chi connectivity index (χ1) is 12.3. The molecule has 5 nitrogen and oxygen atoms in total. The van der Waals surface area contributed by atoms with Crippen molar-refractivity contribution in [1.29, 1.82) is 0 Å². The van der Waals surface area contributed by atoms with Gasteiger partial charge < -0.3 is 9.72 Å². The minimum absolute atomic E-state index is 0.616. The number of piperidine rings is 2. The van der Waals surface area contributed by atoms with Crippen LogP contribution in [0.4, 0.5) is 0 Å². The van der Waals surface area contributed by atoms with E-state index in [-0.39, 0.29) is 0 Å². The molecule has 3 fully saturated rings. The number of pyridine rings is 2. The summed E-state index contributed by atoms with van der Waals surface area (Å²) in [6.45, 7) is 3.10. The number of hydrogen-bond donors (Lipinski definition) is 1. The third kappa shape index (κ3) is 2.72. The molecule has 128 valence electrons. The molecule has 3 aromatic rings. The molecule has 3 aliphatic rings. The lowest BCUT2D eigenvalue weighted by molar-refractivity contribution is 0.0674. The first kappa shape index (κ1) is 15.3. The average molecular weight is 354 g/mol. The second-order valence-corrected chi connectivity index (χ2v) is 7.40. The first-order valence-electron chi connectivity index (χ1n) is 8.83. The van der Waals surface area contributed by atoms with E-state index in [1.807, 2.05) is 24.3 Å². The van der Waals surface area contributed by atoms with Gasteiger partial charge in [-0.25, -0.2) is 4.98 Å². The molecule has 2 atom stereocenters. The molecule has 3 aliphatic heterocycles. The van der Waals surface area contributed by atoms with E-state index in [0.717, 1.165) is 36.7 Å². The Bertz CT molecular complexity index is 896. The van der Waals surface area contributed by atoms with Gasteiger partial charge in [-0.2, -0.15) is 0 Å². The summed E-state index contributed by atoms with van der Waals surface area (Å²) < 4.78 is 2.20. The summed E-state index contributed by atoms with van der Waals surface area (Å²) in [7, 11) is 0. The topological polar surface area (TPSA) is 45.5 Å². The molecule has 0 amide bonds. The zero-order chi connectivity index (χ0) is 16.8. The molecule has 6 rings (SSSR count). The second-order valence-electron chi connectivity index (χ2n) is 6.96. The summed E-state index contributed by atoms with van der Waals surface area (Å²) in [4.78, 5) is 12.0. The Morgan fingerprint density at radius 1 is 1.20 bits per heavy atom. The maximum atomic E-state index is 6.01. The van der Waals surface area contributed by atoms with Crippen molar-refractivity contribution in [2.75, 3.05) is 13.1 Å². The van der Waals surface area contributed by atoms with Crippen molar-refractivity contribution in [3.63, 3.8) is 0 Å². The van der Waals surface area contributed by atoms with Gasteiger partial charge in [-0.1, -0.05) is 17.7 Å². The predicted octanol–water partition coefficient (Wildman–Crippen LogP) is 2.99. The Hall–Kier alpha value is -1.95. The standard InChI is InChI=1S/C19H20ClN5/c20-13-4-7-16(22-9-13)19-17(25-8-2-1-3-18(25)23-19)12-24-11-14-5-6-15(24)10-21-14/h1-4,7-9,14-15,21H,5-6,10-12H2. The summed E-state index contributed by atoms with van der Waals surface area (Å²) in [5.74, 6) is 0. The number of piperazine rings is 1. The lowest BCUT2D eigenvalue weighted by Crippen LogP contribution is -2.60. The number of imidazole rings is 1. The molecule has 2 unspecified atom stereocenters. The van der Waals surface area contributed by atoms with Crippen LogP contribution >= 0.6 is 11.6 Å². The van der Waals surface area contributed by atoms with Crippen LogP contribution in [-0.4, -0.2) is 44.4 Å². The molecule has 0 spiro atoms. The monoisotopic (exact) mass is 353 g/mol. The number of nitrogens with one attached hydrogen (secondary N) is 1. The van der Waals surface area contributed by atoms with Gasteiger partial charge in [0.25, 0.3) is 0 Å². The van der Waals surface area contributed by atoms with E-state index < -0.39 is 0 Å².